The summed E-state index contributed by atoms with van der Waals surface area (Å²) < 4.78 is 27.4. The molecule has 0 aliphatic carbocycles. The molecule has 1 N–H and O–H groups in total. The van der Waals surface area contributed by atoms with E-state index in [0.29, 0.717) is 0 Å². The molecule has 0 unspecified atom stereocenters. The number of carbonyl (C=O) groups is 1. The van der Waals surface area contributed by atoms with E-state index >= 15 is 0 Å². The molecule has 0 spiro atoms. The zero-order chi connectivity index (χ0) is 11.3. The van der Waals surface area contributed by atoms with Gasteiger partial charge in [-0.2, -0.15) is 0 Å². The fraction of sp³-hybridized carbons (Fsp3) is 0.889. The monoisotopic (exact) mass is 235 g/mol. The standard InChI is InChI=1S/C9H17NO4S/c1-14-9(11)7-15(12,13)6-8-3-2-4-10-5-8/h8,10H,2-7H2,1H3/t8-/m0/s1. The number of rotatable bonds is 4. The summed E-state index contributed by atoms with van der Waals surface area (Å²) in [5, 5.41) is 3.14. The molecule has 5 nitrogen and oxygen atoms in total. The summed E-state index contributed by atoms with van der Waals surface area (Å²) in [5.41, 5.74) is 0. The third-order valence-corrected chi connectivity index (χ3v) is 4.11. The quantitative estimate of drug-likeness (QED) is 0.670. The minimum absolute atomic E-state index is 0.0785. The first-order valence-corrected chi connectivity index (χ1v) is 6.83. The number of methoxy groups -OCH3 is 1. The Kier molecular flexibility index (Phi) is 4.53. The molecule has 0 aromatic heterocycles. The van der Waals surface area contributed by atoms with Gasteiger partial charge in [0.1, 0.15) is 5.75 Å². The van der Waals surface area contributed by atoms with E-state index in [9.17, 15) is 13.2 Å². The molecular formula is C9H17NO4S. The minimum Gasteiger partial charge on any atom is -0.468 e. The largest absolute Gasteiger partial charge is 0.468 e. The predicted octanol–water partition coefficient (Wildman–Crippen LogP) is -0.426. The van der Waals surface area contributed by atoms with Crippen LogP contribution >= 0.6 is 0 Å². The van der Waals surface area contributed by atoms with Crippen molar-refractivity contribution < 1.29 is 17.9 Å². The first kappa shape index (κ1) is 12.4. The lowest BCUT2D eigenvalue weighted by molar-refractivity contribution is -0.137. The van der Waals surface area contributed by atoms with E-state index in [1.54, 1.807) is 0 Å². The number of nitrogens with one attached hydrogen (secondary N) is 1. The third-order valence-electron chi connectivity index (χ3n) is 2.45. The number of sulfone groups is 1. The van der Waals surface area contributed by atoms with Gasteiger partial charge in [-0.1, -0.05) is 0 Å². The Balaban J connectivity index is 2.44. The van der Waals surface area contributed by atoms with Crippen LogP contribution in [0.3, 0.4) is 0 Å². The zero-order valence-corrected chi connectivity index (χ0v) is 9.68. The number of carbonyl (C=O) groups excluding carboxylic acids is 1. The van der Waals surface area contributed by atoms with E-state index in [2.05, 4.69) is 10.1 Å². The van der Waals surface area contributed by atoms with Crippen LogP contribution in [-0.4, -0.2) is 46.1 Å². The van der Waals surface area contributed by atoms with Crippen molar-refractivity contribution in [2.75, 3.05) is 31.7 Å². The van der Waals surface area contributed by atoms with E-state index in [0.717, 1.165) is 25.9 Å². The molecule has 0 amide bonds. The van der Waals surface area contributed by atoms with Crippen LogP contribution < -0.4 is 5.32 Å². The maximum atomic E-state index is 11.5. The van der Waals surface area contributed by atoms with E-state index < -0.39 is 21.6 Å². The third kappa shape index (κ3) is 4.61. The van der Waals surface area contributed by atoms with Gasteiger partial charge in [0.2, 0.25) is 0 Å². The molecule has 0 saturated carbocycles. The van der Waals surface area contributed by atoms with Crippen molar-refractivity contribution >= 4 is 15.8 Å². The maximum Gasteiger partial charge on any atom is 0.320 e. The van der Waals surface area contributed by atoms with Crippen LogP contribution in [0.2, 0.25) is 0 Å². The highest BCUT2D eigenvalue weighted by molar-refractivity contribution is 7.92. The molecule has 1 atom stereocenters. The molecule has 1 aliphatic heterocycles. The number of ether oxygens (including phenoxy) is 1. The SMILES string of the molecule is COC(=O)CS(=O)(=O)C[C@H]1CCCNC1. The predicted molar refractivity (Wildman–Crippen MR) is 56.3 cm³/mol. The Morgan fingerprint density at radius 3 is 2.80 bits per heavy atom. The second-order valence-electron chi connectivity index (χ2n) is 3.84. The van der Waals surface area contributed by atoms with Crippen LogP contribution in [0, 0.1) is 5.92 Å². The lowest BCUT2D eigenvalue weighted by atomic mass is 10.0. The average molecular weight is 235 g/mol. The molecule has 6 heteroatoms. The van der Waals surface area contributed by atoms with Crippen LogP contribution in [-0.2, 0) is 19.4 Å². The molecule has 0 bridgehead atoms. The fourth-order valence-corrected chi connectivity index (χ4v) is 3.32. The number of piperidine rings is 1. The van der Waals surface area contributed by atoms with Crippen molar-refractivity contribution in [2.45, 2.75) is 12.8 Å². The summed E-state index contributed by atoms with van der Waals surface area (Å²) in [6, 6.07) is 0. The second-order valence-corrected chi connectivity index (χ2v) is 5.95. The smallest absolute Gasteiger partial charge is 0.320 e. The normalized spacial score (nSPS) is 22.3. The van der Waals surface area contributed by atoms with E-state index in [4.69, 9.17) is 0 Å². The van der Waals surface area contributed by atoms with Crippen molar-refractivity contribution in [1.82, 2.24) is 5.32 Å². The van der Waals surface area contributed by atoms with Gasteiger partial charge < -0.3 is 10.1 Å². The molecule has 1 fully saturated rings. The van der Waals surface area contributed by atoms with Crippen molar-refractivity contribution in [3.05, 3.63) is 0 Å². The Labute approximate surface area is 90.1 Å². The molecule has 1 aliphatic rings. The van der Waals surface area contributed by atoms with Gasteiger partial charge in [-0.3, -0.25) is 4.79 Å². The summed E-state index contributed by atoms with van der Waals surface area (Å²) in [6.07, 6.45) is 1.91. The molecular weight excluding hydrogens is 218 g/mol. The first-order chi connectivity index (χ1) is 7.03. The Morgan fingerprint density at radius 1 is 1.53 bits per heavy atom. The highest BCUT2D eigenvalue weighted by Crippen LogP contribution is 2.12. The minimum atomic E-state index is -3.31. The van der Waals surface area contributed by atoms with Gasteiger partial charge in [0.05, 0.1) is 12.9 Å². The van der Waals surface area contributed by atoms with Crippen molar-refractivity contribution in [3.63, 3.8) is 0 Å². The summed E-state index contributed by atoms with van der Waals surface area (Å²) >= 11 is 0. The van der Waals surface area contributed by atoms with E-state index in [1.165, 1.54) is 7.11 Å². The number of hydrogen-bond acceptors (Lipinski definition) is 5. The highest BCUT2D eigenvalue weighted by atomic mass is 32.2. The summed E-state index contributed by atoms with van der Waals surface area (Å²) in [6.45, 7) is 1.67. The topological polar surface area (TPSA) is 72.5 Å². The highest BCUT2D eigenvalue weighted by Gasteiger charge is 2.23. The molecule has 0 radical (unpaired) electrons. The van der Waals surface area contributed by atoms with Gasteiger partial charge in [0.25, 0.3) is 0 Å². The Morgan fingerprint density at radius 2 is 2.27 bits per heavy atom. The number of hydrogen-bond donors (Lipinski definition) is 1. The average Bonchev–Trinajstić information content (AvgIpc) is 2.17. The van der Waals surface area contributed by atoms with Crippen LogP contribution in [0.15, 0.2) is 0 Å². The van der Waals surface area contributed by atoms with Crippen LogP contribution in [0.25, 0.3) is 0 Å². The zero-order valence-electron chi connectivity index (χ0n) is 8.86. The molecule has 1 rings (SSSR count). The van der Waals surface area contributed by atoms with Gasteiger partial charge >= 0.3 is 5.97 Å². The Hall–Kier alpha value is -0.620. The van der Waals surface area contributed by atoms with Gasteiger partial charge in [-0.15, -0.1) is 0 Å². The van der Waals surface area contributed by atoms with Gasteiger partial charge in [0.15, 0.2) is 9.84 Å². The summed E-state index contributed by atoms with van der Waals surface area (Å²) in [7, 11) is -2.11. The molecule has 0 aromatic carbocycles. The van der Waals surface area contributed by atoms with Crippen molar-refractivity contribution in [3.8, 4) is 0 Å². The van der Waals surface area contributed by atoms with E-state index in [-0.39, 0.29) is 11.7 Å². The Bertz CT molecular complexity index is 306. The van der Waals surface area contributed by atoms with Gasteiger partial charge in [0, 0.05) is 0 Å². The van der Waals surface area contributed by atoms with Crippen LogP contribution in [0.5, 0.6) is 0 Å². The fourth-order valence-electron chi connectivity index (χ4n) is 1.72. The van der Waals surface area contributed by atoms with Gasteiger partial charge in [-0.25, -0.2) is 8.42 Å². The van der Waals surface area contributed by atoms with Gasteiger partial charge in [-0.05, 0) is 31.8 Å². The molecule has 0 aromatic rings. The van der Waals surface area contributed by atoms with Crippen molar-refractivity contribution in [2.24, 2.45) is 5.92 Å². The van der Waals surface area contributed by atoms with Crippen molar-refractivity contribution in [1.29, 1.82) is 0 Å². The van der Waals surface area contributed by atoms with Crippen LogP contribution in [0.4, 0.5) is 0 Å². The molecule has 1 saturated heterocycles. The lowest BCUT2D eigenvalue weighted by Crippen LogP contribution is -2.35. The second kappa shape index (κ2) is 5.46. The summed E-state index contributed by atoms with van der Waals surface area (Å²) in [4.78, 5) is 10.9. The van der Waals surface area contributed by atoms with Crippen LogP contribution in [0.1, 0.15) is 12.8 Å². The first-order valence-electron chi connectivity index (χ1n) is 5.01. The lowest BCUT2D eigenvalue weighted by Gasteiger charge is -2.22. The summed E-state index contributed by atoms with van der Waals surface area (Å²) in [5.74, 6) is -0.970. The molecule has 1 heterocycles. The number of esters is 1. The molecule has 88 valence electrons. The molecule has 15 heavy (non-hydrogen) atoms. The maximum absolute atomic E-state index is 11.5. The van der Waals surface area contributed by atoms with E-state index in [1.807, 2.05) is 0 Å².